The summed E-state index contributed by atoms with van der Waals surface area (Å²) in [7, 11) is -8.55. The quantitative estimate of drug-likeness (QED) is 0.251. The van der Waals surface area contributed by atoms with Gasteiger partial charge in [0.05, 0.1) is 17.9 Å². The summed E-state index contributed by atoms with van der Waals surface area (Å²) in [6.45, 7) is 3.22. The van der Waals surface area contributed by atoms with Crippen molar-refractivity contribution in [3.05, 3.63) is 12.2 Å². The van der Waals surface area contributed by atoms with Crippen LogP contribution in [0.5, 0.6) is 0 Å². The number of hydrogen-bond donors (Lipinski definition) is 3. The highest BCUT2D eigenvalue weighted by Gasteiger charge is 2.21. The van der Waals surface area contributed by atoms with Crippen molar-refractivity contribution in [3.63, 3.8) is 0 Å². The number of rotatable bonds is 11. The van der Waals surface area contributed by atoms with Crippen molar-refractivity contribution in [1.82, 2.24) is 0 Å². The van der Waals surface area contributed by atoms with Gasteiger partial charge in [0.1, 0.15) is 6.10 Å². The zero-order valence-corrected chi connectivity index (χ0v) is 13.7. The third-order valence-electron chi connectivity index (χ3n) is 2.55. The van der Waals surface area contributed by atoms with E-state index < -0.39 is 56.2 Å². The predicted octanol–water partition coefficient (Wildman–Crippen LogP) is -0.125. The van der Waals surface area contributed by atoms with Crippen LogP contribution < -0.4 is 0 Å². The standard InChI is InChI=1S/C11H18O10S2/c1-8(7-10(12)13)11(14)21-9(4-6-23(18,19)20)3-2-5-22(15,16)17/h9H,1-7H2,(H,12,13)(H,15,16,17)(H,18,19,20). The smallest absolute Gasteiger partial charge is 0.334 e. The van der Waals surface area contributed by atoms with Gasteiger partial charge in [0.15, 0.2) is 0 Å². The molecule has 1 unspecified atom stereocenters. The summed E-state index contributed by atoms with van der Waals surface area (Å²) < 4.78 is 64.8. The van der Waals surface area contributed by atoms with Crippen molar-refractivity contribution in [1.29, 1.82) is 0 Å². The number of aliphatic carboxylic acids is 1. The number of carboxylic acid groups (broad SMARTS) is 1. The van der Waals surface area contributed by atoms with Gasteiger partial charge in [-0.25, -0.2) is 4.79 Å². The van der Waals surface area contributed by atoms with Crippen LogP contribution >= 0.6 is 0 Å². The molecule has 0 amide bonds. The summed E-state index contributed by atoms with van der Waals surface area (Å²) in [6, 6.07) is 0. The molecule has 23 heavy (non-hydrogen) atoms. The Morgan fingerprint density at radius 2 is 1.52 bits per heavy atom. The second-order valence-electron chi connectivity index (χ2n) is 4.70. The molecule has 10 nitrogen and oxygen atoms in total. The van der Waals surface area contributed by atoms with Crippen molar-refractivity contribution in [2.75, 3.05) is 11.5 Å². The normalized spacial score (nSPS) is 13.3. The van der Waals surface area contributed by atoms with Crippen LogP contribution in [0.25, 0.3) is 0 Å². The molecular weight excluding hydrogens is 356 g/mol. The van der Waals surface area contributed by atoms with Gasteiger partial charge in [0, 0.05) is 12.0 Å². The van der Waals surface area contributed by atoms with E-state index in [0.29, 0.717) is 0 Å². The predicted molar refractivity (Wildman–Crippen MR) is 78.0 cm³/mol. The number of hydrogen-bond acceptors (Lipinski definition) is 7. The number of carbonyl (C=O) groups is 2. The molecule has 0 aliphatic heterocycles. The molecule has 0 fully saturated rings. The highest BCUT2D eigenvalue weighted by atomic mass is 32.2. The fourth-order valence-electron chi connectivity index (χ4n) is 1.53. The number of ether oxygens (including phenoxy) is 1. The fourth-order valence-corrected chi connectivity index (χ4v) is 2.62. The second kappa shape index (κ2) is 8.96. The number of esters is 1. The van der Waals surface area contributed by atoms with Crippen LogP contribution in [0.4, 0.5) is 0 Å². The maximum atomic E-state index is 11.6. The maximum Gasteiger partial charge on any atom is 0.334 e. The van der Waals surface area contributed by atoms with E-state index in [9.17, 15) is 26.4 Å². The molecule has 0 spiro atoms. The van der Waals surface area contributed by atoms with Crippen molar-refractivity contribution in [3.8, 4) is 0 Å². The third-order valence-corrected chi connectivity index (χ3v) is 4.11. The molecule has 0 aromatic carbocycles. The van der Waals surface area contributed by atoms with Gasteiger partial charge in [-0.15, -0.1) is 0 Å². The van der Waals surface area contributed by atoms with Gasteiger partial charge in [0.25, 0.3) is 20.2 Å². The molecule has 0 saturated carbocycles. The van der Waals surface area contributed by atoms with Crippen molar-refractivity contribution < 1.29 is 45.4 Å². The van der Waals surface area contributed by atoms with E-state index in [2.05, 4.69) is 6.58 Å². The summed E-state index contributed by atoms with van der Waals surface area (Å²) in [5, 5.41) is 8.53. The second-order valence-corrected chi connectivity index (χ2v) is 7.85. The van der Waals surface area contributed by atoms with Crippen LogP contribution in [0.15, 0.2) is 12.2 Å². The molecule has 3 N–H and O–H groups in total. The van der Waals surface area contributed by atoms with E-state index in [0.717, 1.165) is 0 Å². The highest BCUT2D eigenvalue weighted by molar-refractivity contribution is 7.86. The van der Waals surface area contributed by atoms with Gasteiger partial charge in [-0.1, -0.05) is 6.58 Å². The third kappa shape index (κ3) is 12.7. The van der Waals surface area contributed by atoms with E-state index >= 15 is 0 Å². The first-order valence-electron chi connectivity index (χ1n) is 6.31. The summed E-state index contributed by atoms with van der Waals surface area (Å²) in [4.78, 5) is 22.1. The van der Waals surface area contributed by atoms with Crippen LogP contribution in [-0.2, 0) is 34.6 Å². The molecule has 0 aromatic rings. The number of carboxylic acids is 1. The van der Waals surface area contributed by atoms with Gasteiger partial charge in [-0.2, -0.15) is 16.8 Å². The van der Waals surface area contributed by atoms with Crippen LogP contribution in [0.3, 0.4) is 0 Å². The minimum Gasteiger partial charge on any atom is -0.481 e. The summed E-state index contributed by atoms with van der Waals surface area (Å²) >= 11 is 0. The van der Waals surface area contributed by atoms with Gasteiger partial charge < -0.3 is 9.84 Å². The van der Waals surface area contributed by atoms with Gasteiger partial charge in [-0.05, 0) is 12.8 Å². The fraction of sp³-hybridized carbons (Fsp3) is 0.636. The molecule has 0 aliphatic carbocycles. The molecule has 0 bridgehead atoms. The first-order chi connectivity index (χ1) is 10.3. The molecular formula is C11H18O10S2. The summed E-state index contributed by atoms with van der Waals surface area (Å²) in [6.07, 6.45) is -2.32. The van der Waals surface area contributed by atoms with Crippen LogP contribution in [-0.4, -0.2) is 60.6 Å². The van der Waals surface area contributed by atoms with E-state index in [4.69, 9.17) is 18.9 Å². The average molecular weight is 374 g/mol. The van der Waals surface area contributed by atoms with E-state index in [-0.39, 0.29) is 24.8 Å². The Balaban J connectivity index is 4.73. The van der Waals surface area contributed by atoms with Crippen LogP contribution in [0.2, 0.25) is 0 Å². The highest BCUT2D eigenvalue weighted by Crippen LogP contribution is 2.13. The molecule has 0 rings (SSSR count). The first kappa shape index (κ1) is 21.5. The average Bonchev–Trinajstić information content (AvgIpc) is 2.32. The molecule has 134 valence electrons. The maximum absolute atomic E-state index is 11.6. The number of carbonyl (C=O) groups excluding carboxylic acids is 1. The van der Waals surface area contributed by atoms with E-state index in [1.54, 1.807) is 0 Å². The Hall–Kier alpha value is -1.50. The van der Waals surface area contributed by atoms with E-state index in [1.165, 1.54) is 0 Å². The first-order valence-corrected chi connectivity index (χ1v) is 9.53. The SMILES string of the molecule is C=C(CC(=O)O)C(=O)OC(CCCS(=O)(=O)O)CCS(=O)(=O)O. The van der Waals surface area contributed by atoms with E-state index in [1.807, 2.05) is 0 Å². The lowest BCUT2D eigenvalue weighted by Gasteiger charge is -2.17. The Morgan fingerprint density at radius 3 is 1.96 bits per heavy atom. The topological polar surface area (TPSA) is 172 Å². The molecule has 0 aliphatic rings. The lowest BCUT2D eigenvalue weighted by atomic mass is 10.1. The molecule has 12 heteroatoms. The molecule has 0 aromatic heterocycles. The molecule has 0 heterocycles. The van der Waals surface area contributed by atoms with Crippen LogP contribution in [0, 0.1) is 0 Å². The minimum absolute atomic E-state index is 0.110. The lowest BCUT2D eigenvalue weighted by Crippen LogP contribution is -2.24. The molecule has 0 radical (unpaired) electrons. The monoisotopic (exact) mass is 374 g/mol. The van der Waals surface area contributed by atoms with Crippen molar-refractivity contribution in [2.24, 2.45) is 0 Å². The Kier molecular flexibility index (Phi) is 8.37. The molecule has 1 atom stereocenters. The van der Waals surface area contributed by atoms with Crippen LogP contribution in [0.1, 0.15) is 25.7 Å². The van der Waals surface area contributed by atoms with Crippen molar-refractivity contribution in [2.45, 2.75) is 31.8 Å². The Morgan fingerprint density at radius 1 is 1.00 bits per heavy atom. The minimum atomic E-state index is -4.32. The van der Waals surface area contributed by atoms with Gasteiger partial charge in [-0.3, -0.25) is 13.9 Å². The Labute approximate surface area is 133 Å². The Bertz CT molecular complexity index is 646. The molecule has 0 saturated heterocycles. The van der Waals surface area contributed by atoms with Gasteiger partial charge >= 0.3 is 11.9 Å². The zero-order chi connectivity index (χ0) is 18.3. The largest absolute Gasteiger partial charge is 0.481 e. The van der Waals surface area contributed by atoms with Gasteiger partial charge in [0.2, 0.25) is 0 Å². The summed E-state index contributed by atoms with van der Waals surface area (Å²) in [5.74, 6) is -3.74. The van der Waals surface area contributed by atoms with Crippen molar-refractivity contribution >= 4 is 32.2 Å². The summed E-state index contributed by atoms with van der Waals surface area (Å²) in [5.41, 5.74) is -0.371. The zero-order valence-electron chi connectivity index (χ0n) is 12.0. The lowest BCUT2D eigenvalue weighted by molar-refractivity contribution is -0.147.